The maximum absolute atomic E-state index is 10.3. The second-order valence-electron chi connectivity index (χ2n) is 2.03. The van der Waals surface area contributed by atoms with Crippen LogP contribution < -0.4 is 5.32 Å². The predicted molar refractivity (Wildman–Crippen MR) is 33.0 cm³/mol. The second-order valence-corrected chi connectivity index (χ2v) is 3.56. The summed E-state index contributed by atoms with van der Waals surface area (Å²) in [6, 6.07) is 0. The first-order chi connectivity index (χ1) is 4.39. The van der Waals surface area contributed by atoms with Gasteiger partial charge in [-0.15, -0.1) is 0 Å². The van der Waals surface area contributed by atoms with Gasteiger partial charge in [0.05, 0.1) is 7.05 Å². The van der Waals surface area contributed by atoms with E-state index in [4.69, 9.17) is 5.11 Å². The molecule has 6 heteroatoms. The molecule has 0 spiro atoms. The lowest BCUT2D eigenvalue weighted by Gasteiger charge is -2.18. The predicted octanol–water partition coefficient (Wildman–Crippen LogP) is -2.57. The first-order valence-corrected chi connectivity index (χ1v) is 4.29. The van der Waals surface area contributed by atoms with Crippen LogP contribution in [0, 0.1) is 0 Å². The largest absolute Gasteiger partial charge is 0.743 e. The minimum absolute atomic E-state index is 1.13. The Kier molecular flexibility index (Phi) is 3.23. The Hall–Kier alpha value is -0.170. The van der Waals surface area contributed by atoms with Gasteiger partial charge < -0.3 is 15.0 Å². The minimum Gasteiger partial charge on any atom is -0.743 e. The molecule has 0 aromatic rings. The maximum atomic E-state index is 10.3. The quantitative estimate of drug-likeness (QED) is 0.454. The van der Waals surface area contributed by atoms with Crippen LogP contribution in [0.15, 0.2) is 0 Å². The second kappa shape index (κ2) is 3.29. The Balaban J connectivity index is 4.38. The summed E-state index contributed by atoms with van der Waals surface area (Å²) >= 11 is 0. The topological polar surface area (TPSA) is 94.0 Å². The summed E-state index contributed by atoms with van der Waals surface area (Å²) in [5.74, 6) is 0. The first-order valence-electron chi connectivity index (χ1n) is 2.82. The van der Waals surface area contributed by atoms with Gasteiger partial charge in [0.15, 0.2) is 10.1 Å². The molecule has 0 aromatic carbocycles. The van der Waals surface area contributed by atoms with E-state index >= 15 is 0 Å². The molecule has 0 fully saturated rings. The molecular formula is C4H11NO4S. The van der Waals surface area contributed by atoms with Gasteiger partial charge in [-0.3, -0.25) is 0 Å². The van der Waals surface area contributed by atoms with Gasteiger partial charge in [0.25, 0.3) is 0 Å². The van der Waals surface area contributed by atoms with Gasteiger partial charge in [-0.05, 0) is 6.92 Å². The summed E-state index contributed by atoms with van der Waals surface area (Å²) in [5, 5.41) is 8.63. The molecule has 0 saturated heterocycles. The Bertz CT molecular complexity index is 185. The number of aliphatic hydroxyl groups is 1. The zero-order valence-corrected chi connectivity index (χ0v) is 6.63. The lowest BCUT2D eigenvalue weighted by atomic mass is 10.4. The molecular weight excluding hydrogens is 158 g/mol. The normalized spacial score (nSPS) is 18.4. The molecule has 0 radical (unpaired) electrons. The van der Waals surface area contributed by atoms with Gasteiger partial charge in [-0.1, -0.05) is 0 Å². The standard InChI is InChI=1S/C4H11NO4S/c1-3(6)4(5-2)10(7,8)9/h3-6H,1-2H3,(H,7,8,9). The van der Waals surface area contributed by atoms with E-state index < -0.39 is 21.6 Å². The molecule has 0 heterocycles. The molecule has 0 amide bonds. The molecule has 3 N–H and O–H groups in total. The summed E-state index contributed by atoms with van der Waals surface area (Å²) < 4.78 is 30.8. The van der Waals surface area contributed by atoms with E-state index in [1.165, 1.54) is 19.3 Å². The van der Waals surface area contributed by atoms with Crippen molar-refractivity contribution in [2.24, 2.45) is 0 Å². The SMILES string of the molecule is C[NH2+]C(C(C)O)S(=O)(=O)[O-]. The van der Waals surface area contributed by atoms with Crippen molar-refractivity contribution in [2.75, 3.05) is 7.05 Å². The summed E-state index contributed by atoms with van der Waals surface area (Å²) in [6.07, 6.45) is -1.13. The van der Waals surface area contributed by atoms with Crippen LogP contribution in [0.25, 0.3) is 0 Å². The summed E-state index contributed by atoms with van der Waals surface area (Å²) in [5.41, 5.74) is 0. The maximum Gasteiger partial charge on any atom is 0.201 e. The van der Waals surface area contributed by atoms with E-state index in [1.54, 1.807) is 0 Å². The molecule has 0 rings (SSSR count). The molecule has 0 aromatic heterocycles. The van der Waals surface area contributed by atoms with E-state index in [2.05, 4.69) is 0 Å². The Morgan fingerprint density at radius 3 is 2.00 bits per heavy atom. The van der Waals surface area contributed by atoms with E-state index in [9.17, 15) is 13.0 Å². The minimum atomic E-state index is -4.37. The summed E-state index contributed by atoms with van der Waals surface area (Å²) in [7, 11) is -2.95. The number of hydrogen-bond donors (Lipinski definition) is 2. The highest BCUT2D eigenvalue weighted by molar-refractivity contribution is 7.86. The van der Waals surface area contributed by atoms with E-state index in [-0.39, 0.29) is 0 Å². The third-order valence-corrected chi connectivity index (χ3v) is 2.47. The molecule has 0 bridgehead atoms. The third-order valence-electron chi connectivity index (χ3n) is 1.14. The van der Waals surface area contributed by atoms with Crippen molar-refractivity contribution < 1.29 is 23.4 Å². The highest BCUT2D eigenvalue weighted by Crippen LogP contribution is 1.93. The van der Waals surface area contributed by atoms with Gasteiger partial charge in [0.1, 0.15) is 6.10 Å². The van der Waals surface area contributed by atoms with Crippen molar-refractivity contribution in [2.45, 2.75) is 18.4 Å². The lowest BCUT2D eigenvalue weighted by molar-refractivity contribution is -0.649. The van der Waals surface area contributed by atoms with Gasteiger partial charge in [-0.2, -0.15) is 0 Å². The van der Waals surface area contributed by atoms with Crippen LogP contribution in [-0.2, 0) is 10.1 Å². The van der Waals surface area contributed by atoms with Crippen molar-refractivity contribution in [1.82, 2.24) is 0 Å². The first kappa shape index (κ1) is 9.83. The summed E-state index contributed by atoms with van der Waals surface area (Å²) in [6.45, 7) is 1.26. The number of aliphatic hydroxyl groups excluding tert-OH is 1. The molecule has 0 aliphatic carbocycles. The van der Waals surface area contributed by atoms with Gasteiger partial charge in [-0.25, -0.2) is 8.42 Å². The van der Waals surface area contributed by atoms with Crippen LogP contribution in [-0.4, -0.2) is 36.6 Å². The fourth-order valence-electron chi connectivity index (χ4n) is 0.686. The van der Waals surface area contributed by atoms with Crippen LogP contribution in [0.5, 0.6) is 0 Å². The van der Waals surface area contributed by atoms with Crippen LogP contribution in [0.1, 0.15) is 6.92 Å². The highest BCUT2D eigenvalue weighted by Gasteiger charge is 2.22. The smallest absolute Gasteiger partial charge is 0.201 e. The highest BCUT2D eigenvalue weighted by atomic mass is 32.2. The molecule has 62 valence electrons. The molecule has 10 heavy (non-hydrogen) atoms. The fraction of sp³-hybridized carbons (Fsp3) is 1.00. The average molecular weight is 169 g/mol. The zero-order valence-electron chi connectivity index (χ0n) is 5.81. The van der Waals surface area contributed by atoms with Crippen LogP contribution in [0.2, 0.25) is 0 Å². The molecule has 0 aliphatic rings. The van der Waals surface area contributed by atoms with E-state index in [0.717, 1.165) is 0 Å². The molecule has 2 atom stereocenters. The van der Waals surface area contributed by atoms with Gasteiger partial charge >= 0.3 is 0 Å². The van der Waals surface area contributed by atoms with Gasteiger partial charge in [0, 0.05) is 0 Å². The van der Waals surface area contributed by atoms with Crippen molar-refractivity contribution in [3.63, 3.8) is 0 Å². The number of nitrogens with two attached hydrogens (primary N) is 1. The van der Waals surface area contributed by atoms with E-state index in [0.29, 0.717) is 0 Å². The van der Waals surface area contributed by atoms with Crippen molar-refractivity contribution in [3.05, 3.63) is 0 Å². The van der Waals surface area contributed by atoms with Crippen LogP contribution in [0.3, 0.4) is 0 Å². The molecule has 0 aliphatic heterocycles. The molecule has 5 nitrogen and oxygen atoms in total. The fourth-order valence-corrected chi connectivity index (χ4v) is 1.50. The number of rotatable bonds is 3. The number of quaternary nitrogens is 1. The Labute approximate surface area is 59.8 Å². The van der Waals surface area contributed by atoms with Crippen LogP contribution in [0.4, 0.5) is 0 Å². The summed E-state index contributed by atoms with van der Waals surface area (Å²) in [4.78, 5) is 0. The number of likely N-dealkylation sites (N-methyl/N-ethyl adjacent to an activating group) is 1. The average Bonchev–Trinajstić information content (AvgIpc) is 1.60. The van der Waals surface area contributed by atoms with E-state index in [1.807, 2.05) is 0 Å². The van der Waals surface area contributed by atoms with Gasteiger partial charge in [0.2, 0.25) is 5.37 Å². The zero-order chi connectivity index (χ0) is 8.36. The third kappa shape index (κ3) is 2.61. The van der Waals surface area contributed by atoms with Crippen LogP contribution >= 0.6 is 0 Å². The van der Waals surface area contributed by atoms with Crippen molar-refractivity contribution >= 4 is 10.1 Å². The van der Waals surface area contributed by atoms with Crippen molar-refractivity contribution in [1.29, 1.82) is 0 Å². The Morgan fingerprint density at radius 1 is 1.60 bits per heavy atom. The Morgan fingerprint density at radius 2 is 2.00 bits per heavy atom. The number of hydrogen-bond acceptors (Lipinski definition) is 4. The lowest BCUT2D eigenvalue weighted by Crippen LogP contribution is -2.90. The monoisotopic (exact) mass is 169 g/mol. The van der Waals surface area contributed by atoms with Crippen molar-refractivity contribution in [3.8, 4) is 0 Å². The molecule has 0 saturated carbocycles. The molecule has 2 unspecified atom stereocenters.